The van der Waals surface area contributed by atoms with Gasteiger partial charge in [0, 0.05) is 33.4 Å². The summed E-state index contributed by atoms with van der Waals surface area (Å²) in [5, 5.41) is 2.94. The molecule has 3 N–H and O–H groups in total. The van der Waals surface area contributed by atoms with Crippen LogP contribution in [0.25, 0.3) is 0 Å². The van der Waals surface area contributed by atoms with E-state index < -0.39 is 5.41 Å². The zero-order valence-electron chi connectivity index (χ0n) is 11.5. The van der Waals surface area contributed by atoms with Crippen LogP contribution in [0.1, 0.15) is 26.7 Å². The lowest BCUT2D eigenvalue weighted by molar-refractivity contribution is -0.137. The van der Waals surface area contributed by atoms with E-state index in [1.54, 1.807) is 7.11 Å². The first-order chi connectivity index (χ1) is 7.96. The molecule has 0 aromatic rings. The van der Waals surface area contributed by atoms with Gasteiger partial charge < -0.3 is 20.5 Å². The average Bonchev–Trinajstić information content (AvgIpc) is 2.37. The van der Waals surface area contributed by atoms with Crippen LogP contribution in [-0.2, 0) is 14.3 Å². The van der Waals surface area contributed by atoms with E-state index in [0.717, 1.165) is 0 Å². The fraction of sp³-hybridized carbons (Fsp3) is 0.917. The minimum Gasteiger partial charge on any atom is -0.381 e. The molecule has 108 valence electrons. The highest BCUT2D eigenvalue weighted by Crippen LogP contribution is 2.29. The van der Waals surface area contributed by atoms with Gasteiger partial charge in [-0.05, 0) is 26.7 Å². The van der Waals surface area contributed by atoms with Gasteiger partial charge >= 0.3 is 0 Å². The Morgan fingerprint density at radius 1 is 1.44 bits per heavy atom. The van der Waals surface area contributed by atoms with Crippen LogP contribution in [0.3, 0.4) is 0 Å². The molecule has 18 heavy (non-hydrogen) atoms. The van der Waals surface area contributed by atoms with Crippen molar-refractivity contribution in [2.24, 2.45) is 11.1 Å². The molecule has 0 radical (unpaired) electrons. The Morgan fingerprint density at radius 2 is 2.00 bits per heavy atom. The molecule has 1 rings (SSSR count). The Bertz CT molecular complexity index is 266. The second-order valence-corrected chi connectivity index (χ2v) is 5.24. The number of amides is 1. The van der Waals surface area contributed by atoms with E-state index >= 15 is 0 Å². The average molecular weight is 281 g/mol. The van der Waals surface area contributed by atoms with Crippen molar-refractivity contribution in [3.05, 3.63) is 0 Å². The number of carbonyl (C=O) groups excluding carboxylic acids is 1. The summed E-state index contributed by atoms with van der Waals surface area (Å²) >= 11 is 0. The maximum atomic E-state index is 12.2. The highest BCUT2D eigenvalue weighted by molar-refractivity contribution is 5.85. The number of rotatable bonds is 5. The largest absolute Gasteiger partial charge is 0.381 e. The van der Waals surface area contributed by atoms with Crippen LogP contribution in [0.5, 0.6) is 0 Å². The summed E-state index contributed by atoms with van der Waals surface area (Å²) in [6.07, 6.45) is 1.39. The van der Waals surface area contributed by atoms with E-state index in [0.29, 0.717) is 39.1 Å². The molecule has 0 unspecified atom stereocenters. The van der Waals surface area contributed by atoms with Crippen LogP contribution in [0.2, 0.25) is 0 Å². The fourth-order valence-corrected chi connectivity index (χ4v) is 1.84. The highest BCUT2D eigenvalue weighted by atomic mass is 35.5. The summed E-state index contributed by atoms with van der Waals surface area (Å²) in [5.74, 6) is 0.0217. The molecule has 1 amide bonds. The summed E-state index contributed by atoms with van der Waals surface area (Å²) in [6, 6.07) is 0. The van der Waals surface area contributed by atoms with E-state index in [9.17, 15) is 4.79 Å². The smallest absolute Gasteiger partial charge is 0.227 e. The Kier molecular flexibility index (Phi) is 7.14. The Balaban J connectivity index is 0.00000289. The third kappa shape index (κ3) is 4.39. The van der Waals surface area contributed by atoms with E-state index in [4.69, 9.17) is 15.2 Å². The van der Waals surface area contributed by atoms with Crippen LogP contribution in [0.4, 0.5) is 0 Å². The molecule has 6 heteroatoms. The molecule has 1 fully saturated rings. The topological polar surface area (TPSA) is 73.6 Å². The van der Waals surface area contributed by atoms with Gasteiger partial charge in [-0.15, -0.1) is 12.4 Å². The Hall–Kier alpha value is -0.360. The van der Waals surface area contributed by atoms with Gasteiger partial charge in [-0.2, -0.15) is 0 Å². The van der Waals surface area contributed by atoms with Gasteiger partial charge in [-0.3, -0.25) is 4.79 Å². The van der Waals surface area contributed by atoms with Crippen LogP contribution in [0, 0.1) is 5.41 Å². The second kappa shape index (κ2) is 7.28. The Labute approximate surface area is 115 Å². The standard InChI is InChI=1S/C12H24N2O3.ClH/c1-11(2,16-3)9-14-10(15)12(8-13)4-6-17-7-5-12;/h4-9,13H2,1-3H3,(H,14,15);1H. The number of hydrogen-bond donors (Lipinski definition) is 2. The lowest BCUT2D eigenvalue weighted by Gasteiger charge is -2.35. The number of halogens is 1. The Morgan fingerprint density at radius 3 is 2.44 bits per heavy atom. The van der Waals surface area contributed by atoms with Crippen molar-refractivity contribution in [3.8, 4) is 0 Å². The van der Waals surface area contributed by atoms with Crippen LogP contribution < -0.4 is 11.1 Å². The van der Waals surface area contributed by atoms with Crippen LogP contribution in [-0.4, -0.2) is 44.9 Å². The van der Waals surface area contributed by atoms with Gasteiger partial charge in [0.05, 0.1) is 11.0 Å². The van der Waals surface area contributed by atoms with Crippen molar-refractivity contribution in [2.45, 2.75) is 32.3 Å². The lowest BCUT2D eigenvalue weighted by Crippen LogP contribution is -2.52. The molecule has 1 aliphatic heterocycles. The maximum absolute atomic E-state index is 12.2. The second-order valence-electron chi connectivity index (χ2n) is 5.24. The number of nitrogens with one attached hydrogen (secondary N) is 1. The minimum atomic E-state index is -0.456. The summed E-state index contributed by atoms with van der Waals surface area (Å²) < 4.78 is 10.6. The molecule has 1 saturated heterocycles. The number of carbonyl (C=O) groups is 1. The summed E-state index contributed by atoms with van der Waals surface area (Å²) in [6.45, 7) is 5.95. The maximum Gasteiger partial charge on any atom is 0.227 e. The van der Waals surface area contributed by atoms with Crippen molar-refractivity contribution in [2.75, 3.05) is 33.4 Å². The quantitative estimate of drug-likeness (QED) is 0.778. The highest BCUT2D eigenvalue weighted by Gasteiger charge is 2.39. The van der Waals surface area contributed by atoms with Gasteiger partial charge in [-0.1, -0.05) is 0 Å². The van der Waals surface area contributed by atoms with Crippen molar-refractivity contribution in [3.63, 3.8) is 0 Å². The van der Waals surface area contributed by atoms with E-state index in [2.05, 4.69) is 5.32 Å². The molecular weight excluding hydrogens is 256 g/mol. The first kappa shape index (κ1) is 17.6. The number of ether oxygens (including phenoxy) is 2. The number of methoxy groups -OCH3 is 1. The molecule has 0 aromatic heterocycles. The van der Waals surface area contributed by atoms with Crippen molar-refractivity contribution in [1.82, 2.24) is 5.32 Å². The van der Waals surface area contributed by atoms with Gasteiger partial charge in [-0.25, -0.2) is 0 Å². The lowest BCUT2D eigenvalue weighted by atomic mass is 9.79. The summed E-state index contributed by atoms with van der Waals surface area (Å²) in [5.41, 5.74) is 4.96. The van der Waals surface area contributed by atoms with Crippen LogP contribution >= 0.6 is 12.4 Å². The molecular formula is C12H25ClN2O3. The number of nitrogens with two attached hydrogens (primary N) is 1. The third-order valence-corrected chi connectivity index (χ3v) is 3.55. The third-order valence-electron chi connectivity index (χ3n) is 3.55. The SMILES string of the molecule is COC(C)(C)CNC(=O)C1(CN)CCOCC1.Cl. The summed E-state index contributed by atoms with van der Waals surface area (Å²) in [4.78, 5) is 12.2. The monoisotopic (exact) mass is 280 g/mol. The van der Waals surface area contributed by atoms with E-state index in [1.807, 2.05) is 13.8 Å². The molecule has 0 atom stereocenters. The zero-order valence-corrected chi connectivity index (χ0v) is 12.3. The molecule has 1 aliphatic rings. The van der Waals surface area contributed by atoms with Gasteiger partial charge in [0.1, 0.15) is 0 Å². The molecule has 0 aliphatic carbocycles. The fourth-order valence-electron chi connectivity index (χ4n) is 1.84. The predicted octanol–water partition coefficient (Wildman–Crippen LogP) is 0.705. The van der Waals surface area contributed by atoms with E-state index in [-0.39, 0.29) is 23.9 Å². The molecule has 0 spiro atoms. The number of hydrogen-bond acceptors (Lipinski definition) is 4. The molecule has 0 saturated carbocycles. The summed E-state index contributed by atoms with van der Waals surface area (Å²) in [7, 11) is 1.64. The first-order valence-corrected chi connectivity index (χ1v) is 6.07. The van der Waals surface area contributed by atoms with Gasteiger partial charge in [0.15, 0.2) is 0 Å². The first-order valence-electron chi connectivity index (χ1n) is 6.07. The molecule has 1 heterocycles. The minimum absolute atomic E-state index is 0. The van der Waals surface area contributed by atoms with Crippen molar-refractivity contribution < 1.29 is 14.3 Å². The molecule has 5 nitrogen and oxygen atoms in total. The van der Waals surface area contributed by atoms with E-state index in [1.165, 1.54) is 0 Å². The van der Waals surface area contributed by atoms with Gasteiger partial charge in [0.25, 0.3) is 0 Å². The molecule has 0 bridgehead atoms. The normalized spacial score (nSPS) is 18.9. The van der Waals surface area contributed by atoms with Crippen molar-refractivity contribution in [1.29, 1.82) is 0 Å². The van der Waals surface area contributed by atoms with Crippen molar-refractivity contribution >= 4 is 18.3 Å². The van der Waals surface area contributed by atoms with Gasteiger partial charge in [0.2, 0.25) is 5.91 Å². The van der Waals surface area contributed by atoms with Crippen LogP contribution in [0.15, 0.2) is 0 Å². The predicted molar refractivity (Wildman–Crippen MR) is 72.9 cm³/mol. The molecule has 0 aromatic carbocycles. The zero-order chi connectivity index (χ0) is 12.9.